The Balaban J connectivity index is 2.52. The fourth-order valence-electron chi connectivity index (χ4n) is 1.11. The van der Waals surface area contributed by atoms with E-state index in [1.165, 1.54) is 11.3 Å². The molecule has 1 aromatic heterocycles. The molecule has 0 aliphatic carbocycles. The smallest absolute Gasteiger partial charge is 0.408 e. The molecular formula is C11H16N2O3S. The van der Waals surface area contributed by atoms with Crippen LogP contribution in [0.4, 0.5) is 4.79 Å². The maximum atomic E-state index is 11.8. The van der Waals surface area contributed by atoms with Crippen LogP contribution < -0.4 is 5.32 Å². The van der Waals surface area contributed by atoms with Crippen LogP contribution in [0.25, 0.3) is 0 Å². The topological polar surface area (TPSA) is 68.3 Å². The largest absolute Gasteiger partial charge is 0.444 e. The average molecular weight is 256 g/mol. The second kappa shape index (κ2) is 5.27. The number of alkyl carbamates (subject to hydrolysis) is 1. The summed E-state index contributed by atoms with van der Waals surface area (Å²) in [6.45, 7) is 6.89. The van der Waals surface area contributed by atoms with Gasteiger partial charge in [-0.2, -0.15) is 0 Å². The maximum Gasteiger partial charge on any atom is 0.408 e. The third-order valence-corrected chi connectivity index (χ3v) is 2.40. The molecule has 1 heterocycles. The molecule has 1 rings (SSSR count). The monoisotopic (exact) mass is 256 g/mol. The SMILES string of the molecule is C[C@@H](NC(=O)OC(C)(C)C)C(=O)c1cscn1. The molecule has 0 spiro atoms. The van der Waals surface area contributed by atoms with Crippen molar-refractivity contribution in [1.29, 1.82) is 0 Å². The molecule has 6 heteroatoms. The van der Waals surface area contributed by atoms with Crippen molar-refractivity contribution in [3.8, 4) is 0 Å². The lowest BCUT2D eigenvalue weighted by Crippen LogP contribution is -2.41. The van der Waals surface area contributed by atoms with Gasteiger partial charge < -0.3 is 10.1 Å². The van der Waals surface area contributed by atoms with Crippen molar-refractivity contribution < 1.29 is 14.3 Å². The van der Waals surface area contributed by atoms with Gasteiger partial charge in [0.1, 0.15) is 11.3 Å². The fourth-order valence-corrected chi connectivity index (χ4v) is 1.65. The molecule has 0 fully saturated rings. The number of nitrogens with zero attached hydrogens (tertiary/aromatic N) is 1. The van der Waals surface area contributed by atoms with Gasteiger partial charge in [-0.1, -0.05) is 0 Å². The minimum Gasteiger partial charge on any atom is -0.444 e. The lowest BCUT2D eigenvalue weighted by molar-refractivity contribution is 0.0496. The van der Waals surface area contributed by atoms with Crippen LogP contribution in [0.15, 0.2) is 10.9 Å². The van der Waals surface area contributed by atoms with Gasteiger partial charge in [0.05, 0.1) is 11.6 Å². The molecular weight excluding hydrogens is 240 g/mol. The van der Waals surface area contributed by atoms with E-state index in [1.54, 1.807) is 38.6 Å². The van der Waals surface area contributed by atoms with Crippen molar-refractivity contribution in [1.82, 2.24) is 10.3 Å². The summed E-state index contributed by atoms with van der Waals surface area (Å²) in [7, 11) is 0. The summed E-state index contributed by atoms with van der Waals surface area (Å²) in [5.74, 6) is -0.225. The van der Waals surface area contributed by atoms with Gasteiger partial charge in [0.25, 0.3) is 0 Å². The van der Waals surface area contributed by atoms with Crippen LogP contribution in [-0.2, 0) is 4.74 Å². The molecule has 17 heavy (non-hydrogen) atoms. The van der Waals surface area contributed by atoms with E-state index in [1.807, 2.05) is 0 Å². The standard InChI is InChI=1S/C11H16N2O3S/c1-7(9(14)8-5-17-6-12-8)13-10(15)16-11(2,3)4/h5-7H,1-4H3,(H,13,15)/t7-/m1/s1. The molecule has 0 bridgehead atoms. The Morgan fingerprint density at radius 1 is 1.47 bits per heavy atom. The minimum atomic E-state index is -0.646. The number of hydrogen-bond donors (Lipinski definition) is 1. The number of carbonyl (C=O) groups excluding carboxylic acids is 2. The van der Waals surface area contributed by atoms with E-state index >= 15 is 0 Å². The van der Waals surface area contributed by atoms with E-state index in [0.29, 0.717) is 5.69 Å². The first-order chi connectivity index (χ1) is 7.79. The van der Waals surface area contributed by atoms with Crippen molar-refractivity contribution in [2.24, 2.45) is 0 Å². The van der Waals surface area contributed by atoms with Crippen LogP contribution in [0.2, 0.25) is 0 Å². The Kier molecular flexibility index (Phi) is 4.22. The van der Waals surface area contributed by atoms with Gasteiger partial charge in [0, 0.05) is 5.38 Å². The fraction of sp³-hybridized carbons (Fsp3) is 0.545. The number of Topliss-reactive ketones (excluding diaryl/α,β-unsaturated/α-hetero) is 1. The quantitative estimate of drug-likeness (QED) is 0.842. The number of aromatic nitrogens is 1. The number of amides is 1. The van der Waals surface area contributed by atoms with Crippen LogP contribution in [-0.4, -0.2) is 28.5 Å². The highest BCUT2D eigenvalue weighted by Crippen LogP contribution is 2.08. The van der Waals surface area contributed by atoms with Gasteiger partial charge >= 0.3 is 6.09 Å². The molecule has 0 aromatic carbocycles. The summed E-state index contributed by atoms with van der Waals surface area (Å²) in [6, 6.07) is -0.646. The summed E-state index contributed by atoms with van der Waals surface area (Å²) >= 11 is 1.34. The third-order valence-electron chi connectivity index (χ3n) is 1.81. The van der Waals surface area contributed by atoms with E-state index in [-0.39, 0.29) is 5.78 Å². The van der Waals surface area contributed by atoms with Crippen molar-refractivity contribution in [2.45, 2.75) is 39.3 Å². The van der Waals surface area contributed by atoms with E-state index in [9.17, 15) is 9.59 Å². The minimum absolute atomic E-state index is 0.225. The Morgan fingerprint density at radius 2 is 2.12 bits per heavy atom. The lowest BCUT2D eigenvalue weighted by atomic mass is 10.2. The second-order valence-electron chi connectivity index (χ2n) is 4.61. The summed E-state index contributed by atoms with van der Waals surface area (Å²) in [4.78, 5) is 27.1. The highest BCUT2D eigenvalue weighted by Gasteiger charge is 2.22. The lowest BCUT2D eigenvalue weighted by Gasteiger charge is -2.21. The van der Waals surface area contributed by atoms with Crippen LogP contribution in [0.3, 0.4) is 0 Å². The maximum absolute atomic E-state index is 11.8. The predicted molar refractivity (Wildman–Crippen MR) is 65.3 cm³/mol. The molecule has 0 saturated heterocycles. The Labute approximate surface area is 104 Å². The summed E-state index contributed by atoms with van der Waals surface area (Å²) < 4.78 is 5.06. The summed E-state index contributed by atoms with van der Waals surface area (Å²) in [5, 5.41) is 4.13. The average Bonchev–Trinajstić information content (AvgIpc) is 2.65. The first kappa shape index (κ1) is 13.6. The van der Waals surface area contributed by atoms with Crippen molar-refractivity contribution in [3.63, 3.8) is 0 Å². The molecule has 1 atom stereocenters. The molecule has 94 valence electrons. The molecule has 0 unspecified atom stereocenters. The first-order valence-electron chi connectivity index (χ1n) is 5.21. The number of hydrogen-bond acceptors (Lipinski definition) is 5. The number of ether oxygens (including phenoxy) is 1. The van der Waals surface area contributed by atoms with Gasteiger partial charge in [-0.25, -0.2) is 9.78 Å². The van der Waals surface area contributed by atoms with Crippen LogP contribution in [0.5, 0.6) is 0 Å². The molecule has 1 N–H and O–H groups in total. The van der Waals surface area contributed by atoms with Crippen molar-refractivity contribution >= 4 is 23.2 Å². The van der Waals surface area contributed by atoms with Crippen molar-refractivity contribution in [2.75, 3.05) is 0 Å². The molecule has 0 saturated carbocycles. The van der Waals surface area contributed by atoms with E-state index < -0.39 is 17.7 Å². The number of carbonyl (C=O) groups is 2. The van der Waals surface area contributed by atoms with Gasteiger partial charge in [0.15, 0.2) is 0 Å². The van der Waals surface area contributed by atoms with Crippen LogP contribution in [0.1, 0.15) is 38.2 Å². The zero-order valence-corrected chi connectivity index (χ0v) is 11.1. The predicted octanol–water partition coefficient (Wildman–Crippen LogP) is 2.24. The molecule has 0 radical (unpaired) electrons. The Morgan fingerprint density at radius 3 is 2.59 bits per heavy atom. The first-order valence-corrected chi connectivity index (χ1v) is 6.16. The zero-order valence-electron chi connectivity index (χ0n) is 10.3. The number of thiazole rings is 1. The van der Waals surface area contributed by atoms with E-state index in [4.69, 9.17) is 4.74 Å². The van der Waals surface area contributed by atoms with Gasteiger partial charge in [0.2, 0.25) is 5.78 Å². The summed E-state index contributed by atoms with van der Waals surface area (Å²) in [6.07, 6.45) is -0.603. The van der Waals surface area contributed by atoms with Gasteiger partial charge in [-0.3, -0.25) is 4.79 Å². The van der Waals surface area contributed by atoms with Crippen molar-refractivity contribution in [3.05, 3.63) is 16.6 Å². The van der Waals surface area contributed by atoms with E-state index in [0.717, 1.165) is 0 Å². The molecule has 1 amide bonds. The molecule has 0 aliphatic rings. The Bertz CT molecular complexity index is 395. The van der Waals surface area contributed by atoms with Crippen LogP contribution in [0, 0.1) is 0 Å². The molecule has 1 aromatic rings. The highest BCUT2D eigenvalue weighted by molar-refractivity contribution is 7.07. The highest BCUT2D eigenvalue weighted by atomic mass is 32.1. The Hall–Kier alpha value is -1.43. The van der Waals surface area contributed by atoms with Crippen LogP contribution >= 0.6 is 11.3 Å². The third kappa shape index (κ3) is 4.52. The molecule has 0 aliphatic heterocycles. The zero-order chi connectivity index (χ0) is 13.1. The second-order valence-corrected chi connectivity index (χ2v) is 5.32. The molecule has 5 nitrogen and oxygen atoms in total. The van der Waals surface area contributed by atoms with Gasteiger partial charge in [-0.15, -0.1) is 11.3 Å². The number of rotatable bonds is 3. The van der Waals surface area contributed by atoms with E-state index in [2.05, 4.69) is 10.3 Å². The normalized spacial score (nSPS) is 12.9. The number of nitrogens with one attached hydrogen (secondary N) is 1. The number of ketones is 1. The van der Waals surface area contributed by atoms with Gasteiger partial charge in [-0.05, 0) is 27.7 Å². The summed E-state index contributed by atoms with van der Waals surface area (Å²) in [5.41, 5.74) is 1.36.